The second kappa shape index (κ2) is 4.92. The lowest BCUT2D eigenvalue weighted by atomic mass is 10.3. The van der Waals surface area contributed by atoms with Gasteiger partial charge in [-0.2, -0.15) is 4.98 Å². The Morgan fingerprint density at radius 3 is 2.90 bits per heavy atom. The van der Waals surface area contributed by atoms with Gasteiger partial charge in [-0.25, -0.2) is 9.97 Å². The van der Waals surface area contributed by atoms with Gasteiger partial charge in [-0.15, -0.1) is 0 Å². The first-order valence-corrected chi connectivity index (χ1v) is 6.51. The second-order valence-electron chi connectivity index (χ2n) is 4.65. The summed E-state index contributed by atoms with van der Waals surface area (Å²) in [5.74, 6) is 2.87. The number of H-pyrrole nitrogens is 1. The van der Waals surface area contributed by atoms with Crippen LogP contribution in [0.1, 0.15) is 24.5 Å². The molecule has 7 nitrogen and oxygen atoms in total. The van der Waals surface area contributed by atoms with Crippen molar-refractivity contribution in [1.82, 2.24) is 25.1 Å². The van der Waals surface area contributed by atoms with Crippen molar-refractivity contribution in [3.8, 4) is 0 Å². The van der Waals surface area contributed by atoms with Crippen LogP contribution < -0.4 is 4.90 Å². The number of aryl methyl sites for hydroxylation is 2. The summed E-state index contributed by atoms with van der Waals surface area (Å²) in [7, 11) is 1.95. The molecule has 0 spiro atoms. The Morgan fingerprint density at radius 2 is 2.15 bits per heavy atom. The minimum Gasteiger partial charge on any atom is -0.357 e. The van der Waals surface area contributed by atoms with Crippen LogP contribution in [-0.2, 0) is 13.0 Å². The molecular formula is C13H16N6O. The Balaban J connectivity index is 1.91. The number of fused-ring (bicyclic) bond motifs is 1. The number of hydrogen-bond donors (Lipinski definition) is 1. The van der Waals surface area contributed by atoms with Crippen molar-refractivity contribution in [2.24, 2.45) is 0 Å². The van der Waals surface area contributed by atoms with Crippen LogP contribution in [0.3, 0.4) is 0 Å². The maximum atomic E-state index is 5.12. The largest absolute Gasteiger partial charge is 0.357 e. The molecule has 3 heterocycles. The quantitative estimate of drug-likeness (QED) is 0.780. The fraction of sp³-hybridized carbons (Fsp3) is 0.385. The van der Waals surface area contributed by atoms with E-state index in [1.807, 2.05) is 38.1 Å². The molecule has 0 amide bonds. The molecule has 0 unspecified atom stereocenters. The molecule has 0 aliphatic heterocycles. The van der Waals surface area contributed by atoms with E-state index in [-0.39, 0.29) is 0 Å². The van der Waals surface area contributed by atoms with Gasteiger partial charge in [-0.1, -0.05) is 12.1 Å². The molecule has 0 saturated carbocycles. The van der Waals surface area contributed by atoms with Crippen molar-refractivity contribution in [3.63, 3.8) is 0 Å². The number of hydrogen-bond acceptors (Lipinski definition) is 6. The second-order valence-corrected chi connectivity index (χ2v) is 4.65. The van der Waals surface area contributed by atoms with Crippen molar-refractivity contribution in [1.29, 1.82) is 0 Å². The topological polar surface area (TPSA) is 83.7 Å². The number of aromatic amines is 1. The van der Waals surface area contributed by atoms with Gasteiger partial charge in [0.25, 0.3) is 0 Å². The molecule has 0 bridgehead atoms. The molecule has 0 fully saturated rings. The lowest BCUT2D eigenvalue weighted by Crippen LogP contribution is -2.19. The highest BCUT2D eigenvalue weighted by Gasteiger charge is 2.14. The fourth-order valence-electron chi connectivity index (χ4n) is 2.10. The Bertz CT molecular complexity index is 731. The van der Waals surface area contributed by atoms with Gasteiger partial charge in [0, 0.05) is 19.7 Å². The van der Waals surface area contributed by atoms with Crippen molar-refractivity contribution < 1.29 is 4.52 Å². The lowest BCUT2D eigenvalue weighted by molar-refractivity contribution is 0.376. The number of aromatic nitrogens is 5. The Labute approximate surface area is 116 Å². The molecule has 0 aliphatic carbocycles. The maximum Gasteiger partial charge on any atom is 0.226 e. The van der Waals surface area contributed by atoms with Gasteiger partial charge in [0.15, 0.2) is 11.6 Å². The van der Waals surface area contributed by atoms with Crippen LogP contribution in [0.5, 0.6) is 0 Å². The summed E-state index contributed by atoms with van der Waals surface area (Å²) in [4.78, 5) is 18.3. The summed E-state index contributed by atoms with van der Waals surface area (Å²) < 4.78 is 5.12. The van der Waals surface area contributed by atoms with Gasteiger partial charge in [0.2, 0.25) is 5.89 Å². The minimum absolute atomic E-state index is 0.536. The van der Waals surface area contributed by atoms with Crippen LogP contribution in [0, 0.1) is 6.92 Å². The van der Waals surface area contributed by atoms with E-state index in [1.165, 1.54) is 0 Å². The van der Waals surface area contributed by atoms with Crippen LogP contribution in [0.15, 0.2) is 16.8 Å². The van der Waals surface area contributed by atoms with Crippen LogP contribution >= 0.6 is 0 Å². The molecule has 0 saturated heterocycles. The van der Waals surface area contributed by atoms with E-state index in [2.05, 4.69) is 25.1 Å². The first kappa shape index (κ1) is 12.6. The standard InChI is InChI=1S/C13H16N6O/c1-4-11-17-10(18-20-11)7-19(3)13-12-9(5-6-14-12)15-8(2)16-13/h5-6,14H,4,7H2,1-3H3. The fourth-order valence-corrected chi connectivity index (χ4v) is 2.10. The highest BCUT2D eigenvalue weighted by molar-refractivity contribution is 5.86. The Morgan fingerprint density at radius 1 is 1.30 bits per heavy atom. The molecule has 104 valence electrons. The third-order valence-corrected chi connectivity index (χ3v) is 3.05. The highest BCUT2D eigenvalue weighted by atomic mass is 16.5. The molecule has 0 radical (unpaired) electrons. The summed E-state index contributed by atoms with van der Waals surface area (Å²) in [5.41, 5.74) is 1.82. The van der Waals surface area contributed by atoms with Crippen molar-refractivity contribution >= 4 is 16.9 Å². The summed E-state index contributed by atoms with van der Waals surface area (Å²) in [6.07, 6.45) is 2.60. The van der Waals surface area contributed by atoms with Crippen molar-refractivity contribution in [2.75, 3.05) is 11.9 Å². The normalized spacial score (nSPS) is 11.2. The molecule has 1 N–H and O–H groups in total. The van der Waals surface area contributed by atoms with Gasteiger partial charge >= 0.3 is 0 Å². The molecule has 3 rings (SSSR count). The number of anilines is 1. The molecular weight excluding hydrogens is 256 g/mol. The van der Waals surface area contributed by atoms with Gasteiger partial charge < -0.3 is 14.4 Å². The predicted molar refractivity (Wildman–Crippen MR) is 74.4 cm³/mol. The molecule has 7 heteroatoms. The first-order valence-electron chi connectivity index (χ1n) is 6.51. The Kier molecular flexibility index (Phi) is 3.09. The highest BCUT2D eigenvalue weighted by Crippen LogP contribution is 2.22. The van der Waals surface area contributed by atoms with Crippen LogP contribution in [-0.4, -0.2) is 32.1 Å². The van der Waals surface area contributed by atoms with E-state index < -0.39 is 0 Å². The molecule has 20 heavy (non-hydrogen) atoms. The first-order chi connectivity index (χ1) is 9.67. The van der Waals surface area contributed by atoms with Crippen molar-refractivity contribution in [3.05, 3.63) is 29.8 Å². The van der Waals surface area contributed by atoms with Gasteiger partial charge in [-0.05, 0) is 13.0 Å². The zero-order valence-electron chi connectivity index (χ0n) is 11.7. The lowest BCUT2D eigenvalue weighted by Gasteiger charge is -2.17. The third kappa shape index (κ3) is 2.22. The minimum atomic E-state index is 0.536. The van der Waals surface area contributed by atoms with Crippen LogP contribution in [0.4, 0.5) is 5.82 Å². The van der Waals surface area contributed by atoms with Crippen LogP contribution in [0.25, 0.3) is 11.0 Å². The van der Waals surface area contributed by atoms with E-state index in [4.69, 9.17) is 4.52 Å². The van der Waals surface area contributed by atoms with Crippen LogP contribution in [0.2, 0.25) is 0 Å². The molecule has 0 aliphatic rings. The summed E-state index contributed by atoms with van der Waals surface area (Å²) in [5, 5.41) is 3.96. The zero-order valence-corrected chi connectivity index (χ0v) is 11.7. The van der Waals surface area contributed by atoms with Crippen molar-refractivity contribution in [2.45, 2.75) is 26.8 Å². The summed E-state index contributed by atoms with van der Waals surface area (Å²) in [6.45, 7) is 4.40. The zero-order chi connectivity index (χ0) is 14.1. The number of nitrogens with one attached hydrogen (secondary N) is 1. The SMILES string of the molecule is CCc1nc(CN(C)c2nc(C)nc3cc[nH]c23)no1. The average Bonchev–Trinajstić information content (AvgIpc) is 3.05. The number of nitrogens with zero attached hydrogens (tertiary/aromatic N) is 5. The van der Waals surface area contributed by atoms with Gasteiger partial charge in [0.1, 0.15) is 11.3 Å². The van der Waals surface area contributed by atoms with E-state index in [0.29, 0.717) is 18.3 Å². The summed E-state index contributed by atoms with van der Waals surface area (Å²) >= 11 is 0. The third-order valence-electron chi connectivity index (χ3n) is 3.05. The smallest absolute Gasteiger partial charge is 0.226 e. The van der Waals surface area contributed by atoms with E-state index in [9.17, 15) is 0 Å². The van der Waals surface area contributed by atoms with Gasteiger partial charge in [0.05, 0.1) is 12.1 Å². The average molecular weight is 272 g/mol. The number of rotatable bonds is 4. The molecule has 3 aromatic rings. The molecule has 0 atom stereocenters. The monoisotopic (exact) mass is 272 g/mol. The molecule has 3 aromatic heterocycles. The van der Waals surface area contributed by atoms with E-state index >= 15 is 0 Å². The molecule has 0 aromatic carbocycles. The Hall–Kier alpha value is -2.44. The summed E-state index contributed by atoms with van der Waals surface area (Å²) in [6, 6.07) is 1.94. The van der Waals surface area contributed by atoms with Gasteiger partial charge in [-0.3, -0.25) is 0 Å². The predicted octanol–water partition coefficient (Wildman–Crippen LogP) is 1.85. The van der Waals surface area contributed by atoms with E-state index in [0.717, 1.165) is 29.1 Å². The van der Waals surface area contributed by atoms with E-state index in [1.54, 1.807) is 0 Å². The maximum absolute atomic E-state index is 5.12.